The largest absolute Gasteiger partial charge is 0.208 e. The first-order valence-corrected chi connectivity index (χ1v) is 18.2. The van der Waals surface area contributed by atoms with Gasteiger partial charge in [-0.15, -0.1) is 0 Å². The summed E-state index contributed by atoms with van der Waals surface area (Å²) in [4.78, 5) is 15.2. The second kappa shape index (κ2) is 12.2. The van der Waals surface area contributed by atoms with Crippen molar-refractivity contribution in [1.82, 2.24) is 15.0 Å². The van der Waals surface area contributed by atoms with Crippen LogP contribution in [0.2, 0.25) is 0 Å². The first kappa shape index (κ1) is 31.1. The first-order valence-electron chi connectivity index (χ1n) is 18.2. The molecule has 0 radical (unpaired) electrons. The molecule has 0 aliphatic heterocycles. The molecular weight excluding hydrogens is 643 g/mol. The zero-order valence-corrected chi connectivity index (χ0v) is 29.6. The molecule has 1 heterocycles. The Kier molecular flexibility index (Phi) is 7.16. The monoisotopic (exact) mass is 677 g/mol. The van der Waals surface area contributed by atoms with Crippen molar-refractivity contribution in [3.05, 3.63) is 187 Å². The minimum absolute atomic E-state index is 0.0647. The van der Waals surface area contributed by atoms with E-state index in [9.17, 15) is 0 Å². The zero-order chi connectivity index (χ0) is 35.5. The predicted octanol–water partition coefficient (Wildman–Crippen LogP) is 12.8. The molecule has 3 heteroatoms. The molecule has 0 saturated carbocycles. The van der Waals surface area contributed by atoms with Gasteiger partial charge in [-0.3, -0.25) is 0 Å². The van der Waals surface area contributed by atoms with E-state index >= 15 is 0 Å². The van der Waals surface area contributed by atoms with Crippen LogP contribution in [0.15, 0.2) is 176 Å². The average molecular weight is 678 g/mol. The van der Waals surface area contributed by atoms with Gasteiger partial charge in [-0.05, 0) is 96.4 Å². The Bertz CT molecular complexity index is 2870. The highest BCUT2D eigenvalue weighted by molar-refractivity contribution is 6.01. The molecule has 9 aromatic rings. The molecular formula is C50H35N3. The molecule has 3 nitrogen and oxygen atoms in total. The summed E-state index contributed by atoms with van der Waals surface area (Å²) >= 11 is 0. The molecule has 0 fully saturated rings. The lowest BCUT2D eigenvalue weighted by molar-refractivity contribution is 0.660. The second-order valence-corrected chi connectivity index (χ2v) is 14.5. The van der Waals surface area contributed by atoms with Gasteiger partial charge in [-0.25, -0.2) is 15.0 Å². The third kappa shape index (κ3) is 5.32. The molecule has 1 aromatic heterocycles. The molecule has 10 rings (SSSR count). The molecule has 1 aliphatic rings. The standard InChI is InChI=1S/C50H35N3/c1-50(2)45-22-11-10-21-42(45)43-26-25-35(31-46(43)50)40-29-36-17-8-9-20-41(36)44(30-40)37-18-12-19-38(28-37)48-51-47(33-14-4-3-5-15-33)52-49(53-48)39-24-23-32-13-6-7-16-34(32)27-39/h3-31H,1-2H3. The topological polar surface area (TPSA) is 38.7 Å². The van der Waals surface area contributed by atoms with Gasteiger partial charge in [0.2, 0.25) is 0 Å². The van der Waals surface area contributed by atoms with Crippen molar-refractivity contribution in [3.8, 4) is 67.5 Å². The molecule has 1 aliphatic carbocycles. The van der Waals surface area contributed by atoms with Gasteiger partial charge in [-0.1, -0.05) is 159 Å². The van der Waals surface area contributed by atoms with Crippen LogP contribution >= 0.6 is 0 Å². The van der Waals surface area contributed by atoms with E-state index in [2.05, 4.69) is 172 Å². The zero-order valence-electron chi connectivity index (χ0n) is 29.6. The van der Waals surface area contributed by atoms with E-state index in [-0.39, 0.29) is 5.41 Å². The molecule has 0 N–H and O–H groups in total. The lowest BCUT2D eigenvalue weighted by Gasteiger charge is -2.22. The van der Waals surface area contributed by atoms with Gasteiger partial charge in [0.25, 0.3) is 0 Å². The van der Waals surface area contributed by atoms with Crippen LogP contribution in [0.4, 0.5) is 0 Å². The van der Waals surface area contributed by atoms with Crippen LogP contribution in [0, 0.1) is 0 Å². The fourth-order valence-corrected chi connectivity index (χ4v) is 8.10. The normalized spacial score (nSPS) is 12.9. The SMILES string of the molecule is CC1(C)c2ccccc2-c2ccc(-c3cc(-c4cccc(-c5nc(-c6ccccc6)nc(-c6ccc7ccccc7c6)n5)c4)c4ccccc4c3)cc21. The van der Waals surface area contributed by atoms with Crippen LogP contribution in [0.3, 0.4) is 0 Å². The number of hydrogen-bond acceptors (Lipinski definition) is 3. The highest BCUT2D eigenvalue weighted by atomic mass is 15.0. The summed E-state index contributed by atoms with van der Waals surface area (Å²) in [6.07, 6.45) is 0. The summed E-state index contributed by atoms with van der Waals surface area (Å²) < 4.78 is 0. The van der Waals surface area contributed by atoms with Crippen molar-refractivity contribution in [3.63, 3.8) is 0 Å². The summed E-state index contributed by atoms with van der Waals surface area (Å²) in [5, 5.41) is 4.75. The quantitative estimate of drug-likeness (QED) is 0.182. The minimum Gasteiger partial charge on any atom is -0.208 e. The lowest BCUT2D eigenvalue weighted by Crippen LogP contribution is -2.14. The third-order valence-corrected chi connectivity index (χ3v) is 10.9. The molecule has 0 spiro atoms. The number of aromatic nitrogens is 3. The highest BCUT2D eigenvalue weighted by Crippen LogP contribution is 2.50. The first-order chi connectivity index (χ1) is 26.0. The Balaban J connectivity index is 1.11. The summed E-state index contributed by atoms with van der Waals surface area (Å²) in [6.45, 7) is 4.68. The predicted molar refractivity (Wildman–Crippen MR) is 220 cm³/mol. The second-order valence-electron chi connectivity index (χ2n) is 14.5. The molecule has 0 atom stereocenters. The Morgan fingerprint density at radius 3 is 1.74 bits per heavy atom. The van der Waals surface area contributed by atoms with Crippen LogP contribution < -0.4 is 0 Å². The van der Waals surface area contributed by atoms with Gasteiger partial charge < -0.3 is 0 Å². The van der Waals surface area contributed by atoms with Gasteiger partial charge in [0.05, 0.1) is 0 Å². The Morgan fingerprint density at radius 2 is 0.906 bits per heavy atom. The van der Waals surface area contributed by atoms with E-state index in [1.54, 1.807) is 0 Å². The number of benzene rings is 8. The van der Waals surface area contributed by atoms with Gasteiger partial charge in [0.1, 0.15) is 0 Å². The van der Waals surface area contributed by atoms with Crippen LogP contribution in [-0.2, 0) is 5.41 Å². The van der Waals surface area contributed by atoms with Crippen molar-refractivity contribution in [2.45, 2.75) is 19.3 Å². The number of hydrogen-bond donors (Lipinski definition) is 0. The maximum atomic E-state index is 5.11. The third-order valence-electron chi connectivity index (χ3n) is 10.9. The number of fused-ring (bicyclic) bond motifs is 5. The Labute approximate surface area is 309 Å². The van der Waals surface area contributed by atoms with Crippen LogP contribution in [0.5, 0.6) is 0 Å². The molecule has 250 valence electrons. The molecule has 53 heavy (non-hydrogen) atoms. The molecule has 0 unspecified atom stereocenters. The summed E-state index contributed by atoms with van der Waals surface area (Å²) in [7, 11) is 0. The van der Waals surface area contributed by atoms with Gasteiger partial charge >= 0.3 is 0 Å². The molecule has 0 amide bonds. The van der Waals surface area contributed by atoms with E-state index in [1.165, 1.54) is 55.1 Å². The van der Waals surface area contributed by atoms with Gasteiger partial charge in [0.15, 0.2) is 17.5 Å². The van der Waals surface area contributed by atoms with E-state index in [1.807, 2.05) is 18.2 Å². The van der Waals surface area contributed by atoms with Crippen LogP contribution in [0.1, 0.15) is 25.0 Å². The molecule has 0 saturated heterocycles. The van der Waals surface area contributed by atoms with Crippen LogP contribution in [0.25, 0.3) is 89.1 Å². The maximum Gasteiger partial charge on any atom is 0.164 e. The Morgan fingerprint density at radius 1 is 0.321 bits per heavy atom. The number of rotatable bonds is 5. The lowest BCUT2D eigenvalue weighted by atomic mass is 9.81. The van der Waals surface area contributed by atoms with E-state index in [4.69, 9.17) is 15.0 Å². The number of nitrogens with zero attached hydrogens (tertiary/aromatic N) is 3. The highest BCUT2D eigenvalue weighted by Gasteiger charge is 2.35. The van der Waals surface area contributed by atoms with E-state index in [0.29, 0.717) is 17.5 Å². The smallest absolute Gasteiger partial charge is 0.164 e. The molecule has 0 bridgehead atoms. The van der Waals surface area contributed by atoms with Crippen molar-refractivity contribution >= 4 is 21.5 Å². The molecule has 8 aromatic carbocycles. The Hall–Kier alpha value is -6.71. The van der Waals surface area contributed by atoms with Gasteiger partial charge in [-0.2, -0.15) is 0 Å². The average Bonchev–Trinajstić information content (AvgIpc) is 3.45. The van der Waals surface area contributed by atoms with Crippen molar-refractivity contribution in [2.75, 3.05) is 0 Å². The summed E-state index contributed by atoms with van der Waals surface area (Å²) in [5.74, 6) is 1.95. The fourth-order valence-electron chi connectivity index (χ4n) is 8.10. The van der Waals surface area contributed by atoms with E-state index < -0.39 is 0 Å². The van der Waals surface area contributed by atoms with Crippen molar-refractivity contribution < 1.29 is 0 Å². The van der Waals surface area contributed by atoms with Crippen molar-refractivity contribution in [2.24, 2.45) is 0 Å². The van der Waals surface area contributed by atoms with Crippen LogP contribution in [-0.4, -0.2) is 15.0 Å². The fraction of sp³-hybridized carbons (Fsp3) is 0.0600. The van der Waals surface area contributed by atoms with Crippen molar-refractivity contribution in [1.29, 1.82) is 0 Å². The maximum absolute atomic E-state index is 5.11. The summed E-state index contributed by atoms with van der Waals surface area (Å²) in [6, 6.07) is 62.8. The van der Waals surface area contributed by atoms with E-state index in [0.717, 1.165) is 27.6 Å². The minimum atomic E-state index is -0.0647. The van der Waals surface area contributed by atoms with Gasteiger partial charge in [0, 0.05) is 22.1 Å². The summed E-state index contributed by atoms with van der Waals surface area (Å²) in [5.41, 5.74) is 12.9.